The Balaban J connectivity index is 3.37. The summed E-state index contributed by atoms with van der Waals surface area (Å²) in [4.78, 5) is 2.44. The molecule has 0 aliphatic carbocycles. The second kappa shape index (κ2) is 13.3. The lowest BCUT2D eigenvalue weighted by Crippen LogP contribution is -2.39. The molecule has 0 unspecified atom stereocenters. The van der Waals surface area contributed by atoms with Crippen LogP contribution in [0.1, 0.15) is 33.6 Å². The van der Waals surface area contributed by atoms with Crippen molar-refractivity contribution in [3.63, 3.8) is 0 Å². The monoisotopic (exact) mass is 260 g/mol. The Labute approximate surface area is 113 Å². The first-order chi connectivity index (χ1) is 8.72. The fourth-order valence-corrected chi connectivity index (χ4v) is 1.78. The van der Waals surface area contributed by atoms with Crippen LogP contribution in [0.25, 0.3) is 0 Å². The molecule has 0 aromatic carbocycles. The highest BCUT2D eigenvalue weighted by molar-refractivity contribution is 4.64. The Kier molecular flexibility index (Phi) is 13.2. The van der Waals surface area contributed by atoms with Crippen molar-refractivity contribution in [1.29, 1.82) is 0 Å². The first-order valence-corrected chi connectivity index (χ1v) is 7.23. The minimum Gasteiger partial charge on any atom is -0.383 e. The van der Waals surface area contributed by atoms with Crippen molar-refractivity contribution in [2.75, 3.05) is 53.1 Å². The average Bonchev–Trinajstić information content (AvgIpc) is 2.35. The summed E-state index contributed by atoms with van der Waals surface area (Å²) in [7, 11) is 1.76. The van der Waals surface area contributed by atoms with Gasteiger partial charge in [0.1, 0.15) is 0 Å². The third-order valence-electron chi connectivity index (χ3n) is 2.99. The molecule has 0 saturated carbocycles. The van der Waals surface area contributed by atoms with Crippen LogP contribution in [0.3, 0.4) is 0 Å². The van der Waals surface area contributed by atoms with E-state index in [9.17, 15) is 0 Å². The highest BCUT2D eigenvalue weighted by Gasteiger charge is 2.07. The van der Waals surface area contributed by atoms with Gasteiger partial charge in [-0.2, -0.15) is 0 Å². The molecule has 0 radical (unpaired) electrons. The molecule has 0 amide bonds. The quantitative estimate of drug-likeness (QED) is 0.512. The molecule has 1 N–H and O–H groups in total. The summed E-state index contributed by atoms with van der Waals surface area (Å²) in [5.74, 6) is 0. The van der Waals surface area contributed by atoms with Gasteiger partial charge in [-0.25, -0.2) is 0 Å². The molecule has 0 aromatic rings. The smallest absolute Gasteiger partial charge is 0.0589 e. The highest BCUT2D eigenvalue weighted by Crippen LogP contribution is 1.96. The summed E-state index contributed by atoms with van der Waals surface area (Å²) < 4.78 is 10.4. The van der Waals surface area contributed by atoms with Crippen molar-refractivity contribution >= 4 is 0 Å². The van der Waals surface area contributed by atoms with Gasteiger partial charge in [-0.05, 0) is 40.2 Å². The summed E-state index contributed by atoms with van der Waals surface area (Å²) in [6, 6.07) is 0.583. The van der Waals surface area contributed by atoms with E-state index in [1.807, 2.05) is 6.92 Å². The maximum atomic E-state index is 5.30. The number of nitrogens with zero attached hydrogens (tertiary/aromatic N) is 1. The number of methoxy groups -OCH3 is 1. The van der Waals surface area contributed by atoms with Crippen molar-refractivity contribution < 1.29 is 9.47 Å². The minimum atomic E-state index is 0.583. The van der Waals surface area contributed by atoms with Gasteiger partial charge in [0, 0.05) is 46.0 Å². The largest absolute Gasteiger partial charge is 0.383 e. The highest BCUT2D eigenvalue weighted by atomic mass is 16.5. The normalized spacial score (nSPS) is 11.7. The molecule has 0 rings (SSSR count). The van der Waals surface area contributed by atoms with Crippen LogP contribution in [-0.4, -0.2) is 64.1 Å². The number of rotatable bonds is 13. The fourth-order valence-electron chi connectivity index (χ4n) is 1.78. The number of hydrogen-bond donors (Lipinski definition) is 1. The van der Waals surface area contributed by atoms with Crippen molar-refractivity contribution in [3.8, 4) is 0 Å². The molecule has 4 nitrogen and oxygen atoms in total. The first kappa shape index (κ1) is 17.8. The van der Waals surface area contributed by atoms with Crippen LogP contribution in [0.5, 0.6) is 0 Å². The average molecular weight is 260 g/mol. The van der Waals surface area contributed by atoms with Crippen LogP contribution in [0.2, 0.25) is 0 Å². The molecule has 0 aliphatic heterocycles. The van der Waals surface area contributed by atoms with Crippen LogP contribution in [0.4, 0.5) is 0 Å². The number of unbranched alkanes of at least 4 members (excludes halogenated alkanes) is 1. The minimum absolute atomic E-state index is 0.583. The van der Waals surface area contributed by atoms with Gasteiger partial charge in [0.15, 0.2) is 0 Å². The molecule has 4 heteroatoms. The zero-order chi connectivity index (χ0) is 13.6. The SMILES string of the molecule is CCOCCCCNCCN(CCOC)C(C)C. The topological polar surface area (TPSA) is 33.7 Å². The molecule has 0 aromatic heterocycles. The van der Waals surface area contributed by atoms with Gasteiger partial charge in [-0.3, -0.25) is 4.90 Å². The summed E-state index contributed by atoms with van der Waals surface area (Å²) in [5, 5.41) is 3.49. The zero-order valence-corrected chi connectivity index (χ0v) is 12.7. The van der Waals surface area contributed by atoms with Gasteiger partial charge < -0.3 is 14.8 Å². The molecular weight excluding hydrogens is 228 g/mol. The maximum absolute atomic E-state index is 5.30. The van der Waals surface area contributed by atoms with E-state index in [2.05, 4.69) is 24.1 Å². The molecular formula is C14H32N2O2. The number of hydrogen-bond acceptors (Lipinski definition) is 4. The Morgan fingerprint density at radius 3 is 2.44 bits per heavy atom. The van der Waals surface area contributed by atoms with Crippen LogP contribution in [0.15, 0.2) is 0 Å². The van der Waals surface area contributed by atoms with Crippen LogP contribution in [-0.2, 0) is 9.47 Å². The van der Waals surface area contributed by atoms with Crippen molar-refractivity contribution in [2.45, 2.75) is 39.7 Å². The van der Waals surface area contributed by atoms with Crippen LogP contribution < -0.4 is 5.32 Å². The van der Waals surface area contributed by atoms with E-state index in [1.54, 1.807) is 7.11 Å². The van der Waals surface area contributed by atoms with Crippen LogP contribution >= 0.6 is 0 Å². The standard InChI is InChI=1S/C14H32N2O2/c1-5-18-12-7-6-8-15-9-10-16(14(2)3)11-13-17-4/h14-15H,5-13H2,1-4H3. The van der Waals surface area contributed by atoms with Gasteiger partial charge in [0.05, 0.1) is 6.61 Å². The number of nitrogens with one attached hydrogen (secondary N) is 1. The Morgan fingerprint density at radius 1 is 1.06 bits per heavy atom. The lowest BCUT2D eigenvalue weighted by atomic mass is 10.3. The summed E-state index contributed by atoms with van der Waals surface area (Å²) in [5.41, 5.74) is 0. The maximum Gasteiger partial charge on any atom is 0.0589 e. The second-order valence-corrected chi connectivity index (χ2v) is 4.78. The Hall–Kier alpha value is -0.160. The summed E-state index contributed by atoms with van der Waals surface area (Å²) in [6.45, 7) is 13.3. The summed E-state index contributed by atoms with van der Waals surface area (Å²) in [6.07, 6.45) is 2.35. The molecule has 0 spiro atoms. The Bertz CT molecular complexity index is 166. The fraction of sp³-hybridized carbons (Fsp3) is 1.00. The Morgan fingerprint density at radius 2 is 1.83 bits per heavy atom. The second-order valence-electron chi connectivity index (χ2n) is 4.78. The molecule has 0 atom stereocenters. The van der Waals surface area contributed by atoms with Crippen molar-refractivity contribution in [3.05, 3.63) is 0 Å². The third-order valence-corrected chi connectivity index (χ3v) is 2.99. The molecule has 0 aliphatic rings. The molecule has 18 heavy (non-hydrogen) atoms. The number of ether oxygens (including phenoxy) is 2. The van der Waals surface area contributed by atoms with E-state index >= 15 is 0 Å². The van der Waals surface area contributed by atoms with Crippen LogP contribution in [0, 0.1) is 0 Å². The molecule has 0 saturated heterocycles. The van der Waals surface area contributed by atoms with E-state index in [0.717, 1.165) is 52.4 Å². The lowest BCUT2D eigenvalue weighted by Gasteiger charge is -2.26. The van der Waals surface area contributed by atoms with Gasteiger partial charge in [0.25, 0.3) is 0 Å². The molecule has 110 valence electrons. The lowest BCUT2D eigenvalue weighted by molar-refractivity contribution is 0.129. The van der Waals surface area contributed by atoms with Crippen molar-refractivity contribution in [2.24, 2.45) is 0 Å². The van der Waals surface area contributed by atoms with E-state index < -0.39 is 0 Å². The predicted molar refractivity (Wildman–Crippen MR) is 77.2 cm³/mol. The van der Waals surface area contributed by atoms with E-state index in [4.69, 9.17) is 9.47 Å². The van der Waals surface area contributed by atoms with Gasteiger partial charge >= 0.3 is 0 Å². The van der Waals surface area contributed by atoms with E-state index in [1.165, 1.54) is 6.42 Å². The van der Waals surface area contributed by atoms with Gasteiger partial charge in [-0.15, -0.1) is 0 Å². The molecule has 0 bridgehead atoms. The predicted octanol–water partition coefficient (Wildman–Crippen LogP) is 1.75. The van der Waals surface area contributed by atoms with E-state index in [-0.39, 0.29) is 0 Å². The van der Waals surface area contributed by atoms with Gasteiger partial charge in [-0.1, -0.05) is 0 Å². The molecule has 0 heterocycles. The third kappa shape index (κ3) is 11.0. The van der Waals surface area contributed by atoms with Crippen molar-refractivity contribution in [1.82, 2.24) is 10.2 Å². The molecule has 0 fully saturated rings. The zero-order valence-electron chi connectivity index (χ0n) is 12.7. The summed E-state index contributed by atoms with van der Waals surface area (Å²) >= 11 is 0. The first-order valence-electron chi connectivity index (χ1n) is 7.23. The van der Waals surface area contributed by atoms with Gasteiger partial charge in [0.2, 0.25) is 0 Å². The van der Waals surface area contributed by atoms with E-state index in [0.29, 0.717) is 6.04 Å².